The van der Waals surface area contributed by atoms with Gasteiger partial charge in [0.05, 0.1) is 0 Å². The van der Waals surface area contributed by atoms with Gasteiger partial charge in [0.25, 0.3) is 5.91 Å². The summed E-state index contributed by atoms with van der Waals surface area (Å²) in [6.45, 7) is 1.90. The quantitative estimate of drug-likeness (QED) is 0.580. The molecule has 1 heterocycles. The summed E-state index contributed by atoms with van der Waals surface area (Å²) in [4.78, 5) is 22.9. The van der Waals surface area contributed by atoms with Crippen LogP contribution in [0, 0.1) is 0 Å². The molecule has 0 aliphatic rings. The standard InChI is InChI=1S/C15H17N3O4/c1-10(18(21)15(16)20)12-7-8-13(22-12)14(19)17-9-11-5-3-2-4-6-11/h2-8,10,21H,9H2,1H3,(H2,16,20)(H,17,19). The third kappa shape index (κ3) is 3.64. The van der Waals surface area contributed by atoms with Crippen molar-refractivity contribution in [3.05, 3.63) is 59.5 Å². The topological polar surface area (TPSA) is 109 Å². The van der Waals surface area contributed by atoms with E-state index in [0.717, 1.165) is 5.56 Å². The first-order valence-corrected chi connectivity index (χ1v) is 6.68. The highest BCUT2D eigenvalue weighted by atomic mass is 16.5. The van der Waals surface area contributed by atoms with Crippen molar-refractivity contribution in [2.24, 2.45) is 5.73 Å². The first kappa shape index (κ1) is 15.6. The molecule has 1 aromatic carbocycles. The fourth-order valence-corrected chi connectivity index (χ4v) is 1.88. The molecule has 3 amide bonds. The summed E-state index contributed by atoms with van der Waals surface area (Å²) in [5, 5.41) is 12.5. The van der Waals surface area contributed by atoms with Crippen LogP contribution in [-0.2, 0) is 6.54 Å². The van der Waals surface area contributed by atoms with Gasteiger partial charge in [-0.1, -0.05) is 30.3 Å². The van der Waals surface area contributed by atoms with E-state index < -0.39 is 12.1 Å². The molecule has 1 unspecified atom stereocenters. The number of furan rings is 1. The van der Waals surface area contributed by atoms with Gasteiger partial charge < -0.3 is 15.5 Å². The molecule has 0 spiro atoms. The average Bonchev–Trinajstić information content (AvgIpc) is 3.02. The Bertz CT molecular complexity index is 654. The number of benzene rings is 1. The van der Waals surface area contributed by atoms with Gasteiger partial charge in [-0.2, -0.15) is 5.06 Å². The van der Waals surface area contributed by atoms with Gasteiger partial charge in [-0.25, -0.2) is 4.79 Å². The molecular weight excluding hydrogens is 286 g/mol. The fourth-order valence-electron chi connectivity index (χ4n) is 1.88. The van der Waals surface area contributed by atoms with E-state index in [2.05, 4.69) is 5.32 Å². The molecule has 0 bridgehead atoms. The molecule has 0 radical (unpaired) electrons. The third-order valence-electron chi connectivity index (χ3n) is 3.15. The van der Waals surface area contributed by atoms with Gasteiger partial charge in [-0.15, -0.1) is 0 Å². The Kier molecular flexibility index (Phi) is 4.80. The van der Waals surface area contributed by atoms with E-state index >= 15 is 0 Å². The van der Waals surface area contributed by atoms with E-state index in [0.29, 0.717) is 11.6 Å². The van der Waals surface area contributed by atoms with E-state index in [9.17, 15) is 14.8 Å². The summed E-state index contributed by atoms with van der Waals surface area (Å²) in [6, 6.07) is 10.6. The second-order valence-electron chi connectivity index (χ2n) is 4.73. The molecular formula is C15H17N3O4. The number of urea groups is 1. The second-order valence-corrected chi connectivity index (χ2v) is 4.73. The summed E-state index contributed by atoms with van der Waals surface area (Å²) in [6.07, 6.45) is 0. The number of amides is 3. The monoisotopic (exact) mass is 303 g/mol. The number of nitrogens with one attached hydrogen (secondary N) is 1. The third-order valence-corrected chi connectivity index (χ3v) is 3.15. The lowest BCUT2D eigenvalue weighted by Gasteiger charge is -2.18. The molecule has 0 saturated heterocycles. The van der Waals surface area contributed by atoms with Crippen LogP contribution in [0.5, 0.6) is 0 Å². The van der Waals surface area contributed by atoms with Gasteiger partial charge in [0.2, 0.25) is 0 Å². The Morgan fingerprint density at radius 1 is 1.27 bits per heavy atom. The number of hydrogen-bond acceptors (Lipinski definition) is 4. The number of hydrogen-bond donors (Lipinski definition) is 3. The van der Waals surface area contributed by atoms with Crippen LogP contribution in [0.25, 0.3) is 0 Å². The zero-order valence-corrected chi connectivity index (χ0v) is 12.0. The van der Waals surface area contributed by atoms with Crippen molar-refractivity contribution >= 4 is 11.9 Å². The van der Waals surface area contributed by atoms with E-state index in [-0.39, 0.29) is 17.4 Å². The zero-order valence-electron chi connectivity index (χ0n) is 12.0. The van der Waals surface area contributed by atoms with Crippen LogP contribution < -0.4 is 11.1 Å². The van der Waals surface area contributed by atoms with Gasteiger partial charge in [-0.05, 0) is 24.6 Å². The van der Waals surface area contributed by atoms with Crippen molar-refractivity contribution < 1.29 is 19.2 Å². The lowest BCUT2D eigenvalue weighted by atomic mass is 10.2. The zero-order chi connectivity index (χ0) is 16.1. The second kappa shape index (κ2) is 6.77. The van der Waals surface area contributed by atoms with Crippen molar-refractivity contribution in [1.82, 2.24) is 10.4 Å². The minimum absolute atomic E-state index is 0.0932. The minimum Gasteiger partial charge on any atom is -0.454 e. The van der Waals surface area contributed by atoms with Crippen molar-refractivity contribution in [3.8, 4) is 0 Å². The highest BCUT2D eigenvalue weighted by Gasteiger charge is 2.21. The Morgan fingerprint density at radius 2 is 1.95 bits per heavy atom. The summed E-state index contributed by atoms with van der Waals surface area (Å²) in [7, 11) is 0. The first-order chi connectivity index (χ1) is 10.5. The number of nitrogens with zero attached hydrogens (tertiary/aromatic N) is 1. The van der Waals surface area contributed by atoms with Crippen molar-refractivity contribution in [2.45, 2.75) is 19.5 Å². The van der Waals surface area contributed by atoms with Crippen LogP contribution >= 0.6 is 0 Å². The lowest BCUT2D eigenvalue weighted by molar-refractivity contribution is -0.0762. The molecule has 2 rings (SSSR count). The van der Waals surface area contributed by atoms with E-state index in [4.69, 9.17) is 10.2 Å². The van der Waals surface area contributed by atoms with Crippen LogP contribution in [0.15, 0.2) is 46.9 Å². The molecule has 22 heavy (non-hydrogen) atoms. The predicted octanol–water partition coefficient (Wildman–Crippen LogP) is 2.04. The van der Waals surface area contributed by atoms with Gasteiger partial charge in [0, 0.05) is 6.54 Å². The normalized spacial score (nSPS) is 11.7. The fraction of sp³-hybridized carbons (Fsp3) is 0.200. The Morgan fingerprint density at radius 3 is 2.59 bits per heavy atom. The van der Waals surface area contributed by atoms with E-state index in [1.54, 1.807) is 0 Å². The van der Waals surface area contributed by atoms with E-state index in [1.807, 2.05) is 30.3 Å². The number of hydroxylamine groups is 2. The van der Waals surface area contributed by atoms with Crippen molar-refractivity contribution in [1.29, 1.82) is 0 Å². The minimum atomic E-state index is -1.00. The molecule has 7 nitrogen and oxygen atoms in total. The summed E-state index contributed by atoms with van der Waals surface area (Å²) < 4.78 is 5.35. The Labute approximate surface area is 127 Å². The smallest absolute Gasteiger partial charge is 0.339 e. The number of nitrogens with two attached hydrogens (primary N) is 1. The molecule has 0 saturated carbocycles. The SMILES string of the molecule is CC(c1ccc(C(=O)NCc2ccccc2)o1)N(O)C(N)=O. The van der Waals surface area contributed by atoms with Crippen LogP contribution in [0.1, 0.15) is 34.8 Å². The highest BCUT2D eigenvalue weighted by Crippen LogP contribution is 2.21. The molecule has 1 atom stereocenters. The predicted molar refractivity (Wildman–Crippen MR) is 77.9 cm³/mol. The molecule has 0 fully saturated rings. The highest BCUT2D eigenvalue weighted by molar-refractivity contribution is 5.91. The van der Waals surface area contributed by atoms with Crippen LogP contribution in [-0.4, -0.2) is 22.2 Å². The number of primary amides is 1. The lowest BCUT2D eigenvalue weighted by Crippen LogP contribution is -2.34. The van der Waals surface area contributed by atoms with Crippen molar-refractivity contribution in [3.63, 3.8) is 0 Å². The van der Waals surface area contributed by atoms with Gasteiger partial charge in [-0.3, -0.25) is 10.0 Å². The van der Waals surface area contributed by atoms with Crippen molar-refractivity contribution in [2.75, 3.05) is 0 Å². The van der Waals surface area contributed by atoms with Gasteiger partial charge >= 0.3 is 6.03 Å². The molecule has 2 aromatic rings. The molecule has 1 aromatic heterocycles. The van der Waals surface area contributed by atoms with Crippen LogP contribution in [0.3, 0.4) is 0 Å². The number of rotatable bonds is 5. The molecule has 0 aliphatic heterocycles. The van der Waals surface area contributed by atoms with Crippen LogP contribution in [0.2, 0.25) is 0 Å². The number of carbonyl (C=O) groups excluding carboxylic acids is 2. The first-order valence-electron chi connectivity index (χ1n) is 6.68. The maximum atomic E-state index is 12.0. The summed E-state index contributed by atoms with van der Waals surface area (Å²) in [5.41, 5.74) is 5.93. The summed E-state index contributed by atoms with van der Waals surface area (Å²) >= 11 is 0. The average molecular weight is 303 g/mol. The van der Waals surface area contributed by atoms with Crippen LogP contribution in [0.4, 0.5) is 4.79 Å². The van der Waals surface area contributed by atoms with Gasteiger partial charge in [0.1, 0.15) is 11.8 Å². The maximum absolute atomic E-state index is 12.0. The Balaban J connectivity index is 1.98. The largest absolute Gasteiger partial charge is 0.454 e. The molecule has 4 N–H and O–H groups in total. The van der Waals surface area contributed by atoms with E-state index in [1.165, 1.54) is 19.1 Å². The Hall–Kier alpha value is -2.80. The number of carbonyl (C=O) groups is 2. The molecule has 116 valence electrons. The summed E-state index contributed by atoms with van der Waals surface area (Å²) in [5.74, 6) is -0.0346. The molecule has 7 heteroatoms. The molecule has 0 aliphatic carbocycles. The maximum Gasteiger partial charge on any atom is 0.339 e. The van der Waals surface area contributed by atoms with Gasteiger partial charge in [0.15, 0.2) is 5.76 Å².